The fraction of sp³-hybridized carbons (Fsp3) is 0.182. The summed E-state index contributed by atoms with van der Waals surface area (Å²) in [5, 5.41) is 1.06. The minimum Gasteiger partial charge on any atom is -0.496 e. The van der Waals surface area contributed by atoms with E-state index in [1.165, 1.54) is 0 Å². The van der Waals surface area contributed by atoms with Gasteiger partial charge >= 0.3 is 0 Å². The van der Waals surface area contributed by atoms with Crippen LogP contribution in [-0.4, -0.2) is 18.4 Å². The number of benzene rings is 1. The first-order chi connectivity index (χ1) is 6.74. The Hall–Kier alpha value is -1.77. The van der Waals surface area contributed by atoms with Gasteiger partial charge in [-0.3, -0.25) is 4.79 Å². The molecule has 14 heavy (non-hydrogen) atoms. The molecule has 0 saturated carbocycles. The topological polar surface area (TPSA) is 42.1 Å². The van der Waals surface area contributed by atoms with Crippen LogP contribution in [0.15, 0.2) is 18.2 Å². The third-order valence-electron chi connectivity index (χ3n) is 2.23. The number of fused-ring (bicyclic) bond motifs is 1. The molecule has 0 aliphatic rings. The molecule has 1 aromatic heterocycles. The Labute approximate surface area is 81.7 Å². The molecule has 2 rings (SSSR count). The van der Waals surface area contributed by atoms with Gasteiger partial charge in [-0.25, -0.2) is 0 Å². The predicted octanol–water partition coefficient (Wildman–Crippen LogP) is 2.30. The SMILES string of the molecule is COc1cc2cc(C)[nH]c2cc1C=O. The highest BCUT2D eigenvalue weighted by molar-refractivity contribution is 5.91. The highest BCUT2D eigenvalue weighted by Crippen LogP contribution is 2.24. The lowest BCUT2D eigenvalue weighted by atomic mass is 10.1. The van der Waals surface area contributed by atoms with E-state index in [0.717, 1.165) is 22.9 Å². The zero-order valence-corrected chi connectivity index (χ0v) is 8.13. The third kappa shape index (κ3) is 1.27. The average molecular weight is 189 g/mol. The Bertz CT molecular complexity index is 485. The number of carbonyl (C=O) groups is 1. The number of methoxy groups -OCH3 is 1. The number of carbonyl (C=O) groups excluding carboxylic acids is 1. The van der Waals surface area contributed by atoms with E-state index < -0.39 is 0 Å². The van der Waals surface area contributed by atoms with E-state index in [0.29, 0.717) is 11.3 Å². The average Bonchev–Trinajstić information content (AvgIpc) is 2.54. The fourth-order valence-corrected chi connectivity index (χ4v) is 1.59. The lowest BCUT2D eigenvalue weighted by Gasteiger charge is -2.02. The van der Waals surface area contributed by atoms with Crippen LogP contribution >= 0.6 is 0 Å². The molecule has 0 saturated heterocycles. The van der Waals surface area contributed by atoms with Gasteiger partial charge in [0.05, 0.1) is 12.7 Å². The molecular weight excluding hydrogens is 178 g/mol. The van der Waals surface area contributed by atoms with Gasteiger partial charge in [0.15, 0.2) is 6.29 Å². The van der Waals surface area contributed by atoms with Gasteiger partial charge in [-0.2, -0.15) is 0 Å². The van der Waals surface area contributed by atoms with Gasteiger partial charge in [0.2, 0.25) is 0 Å². The first kappa shape index (κ1) is 8.81. The molecule has 0 bridgehead atoms. The third-order valence-corrected chi connectivity index (χ3v) is 2.23. The molecule has 0 atom stereocenters. The Balaban J connectivity index is 2.74. The minimum absolute atomic E-state index is 0.571. The summed E-state index contributed by atoms with van der Waals surface area (Å²) in [4.78, 5) is 13.9. The van der Waals surface area contributed by atoms with Crippen LogP contribution in [0.25, 0.3) is 10.9 Å². The Morgan fingerprint density at radius 3 is 2.79 bits per heavy atom. The van der Waals surface area contributed by atoms with E-state index in [1.54, 1.807) is 13.2 Å². The number of aldehydes is 1. The van der Waals surface area contributed by atoms with Crippen molar-refractivity contribution in [1.82, 2.24) is 4.98 Å². The summed E-state index contributed by atoms with van der Waals surface area (Å²) in [6.45, 7) is 1.98. The molecule has 1 N–H and O–H groups in total. The van der Waals surface area contributed by atoms with Gasteiger partial charge in [-0.05, 0) is 25.1 Å². The van der Waals surface area contributed by atoms with Gasteiger partial charge in [-0.1, -0.05) is 0 Å². The lowest BCUT2D eigenvalue weighted by molar-refractivity contribution is 0.112. The summed E-state index contributed by atoms with van der Waals surface area (Å²) in [6.07, 6.45) is 0.800. The Kier molecular flexibility index (Phi) is 2.00. The van der Waals surface area contributed by atoms with E-state index in [9.17, 15) is 4.79 Å². The largest absolute Gasteiger partial charge is 0.496 e. The molecule has 0 amide bonds. The second-order valence-electron chi connectivity index (χ2n) is 3.25. The molecule has 3 nitrogen and oxygen atoms in total. The van der Waals surface area contributed by atoms with Crippen molar-refractivity contribution in [2.75, 3.05) is 7.11 Å². The zero-order chi connectivity index (χ0) is 10.1. The molecule has 0 aliphatic carbocycles. The maximum atomic E-state index is 10.7. The molecule has 72 valence electrons. The van der Waals surface area contributed by atoms with Crippen molar-refractivity contribution in [2.24, 2.45) is 0 Å². The number of H-pyrrole nitrogens is 1. The van der Waals surface area contributed by atoms with Gasteiger partial charge in [-0.15, -0.1) is 0 Å². The van der Waals surface area contributed by atoms with Crippen LogP contribution in [-0.2, 0) is 0 Å². The molecule has 1 heterocycles. The van der Waals surface area contributed by atoms with Gasteiger partial charge in [0.25, 0.3) is 0 Å². The summed E-state index contributed by atoms with van der Waals surface area (Å²) >= 11 is 0. The number of aromatic amines is 1. The summed E-state index contributed by atoms with van der Waals surface area (Å²) in [7, 11) is 1.56. The van der Waals surface area contributed by atoms with Crippen LogP contribution in [0.4, 0.5) is 0 Å². The van der Waals surface area contributed by atoms with Crippen molar-refractivity contribution in [3.63, 3.8) is 0 Å². The smallest absolute Gasteiger partial charge is 0.153 e. The van der Waals surface area contributed by atoms with Crippen LogP contribution in [0.1, 0.15) is 16.1 Å². The van der Waals surface area contributed by atoms with Gasteiger partial charge < -0.3 is 9.72 Å². The highest BCUT2D eigenvalue weighted by atomic mass is 16.5. The van der Waals surface area contributed by atoms with E-state index in [2.05, 4.69) is 4.98 Å². The van der Waals surface area contributed by atoms with E-state index in [4.69, 9.17) is 4.74 Å². The Morgan fingerprint density at radius 1 is 1.36 bits per heavy atom. The fourth-order valence-electron chi connectivity index (χ4n) is 1.59. The van der Waals surface area contributed by atoms with E-state index in [-0.39, 0.29) is 0 Å². The zero-order valence-electron chi connectivity index (χ0n) is 8.13. The predicted molar refractivity (Wildman–Crippen MR) is 55.0 cm³/mol. The maximum Gasteiger partial charge on any atom is 0.153 e. The molecular formula is C11H11NO2. The number of aryl methyl sites for hydroxylation is 1. The number of hydrogen-bond donors (Lipinski definition) is 1. The van der Waals surface area contributed by atoms with Gasteiger partial charge in [0, 0.05) is 16.6 Å². The standard InChI is InChI=1S/C11H11NO2/c1-7-3-8-5-11(14-2)9(6-13)4-10(8)12-7/h3-6,12H,1-2H3. The lowest BCUT2D eigenvalue weighted by Crippen LogP contribution is -1.89. The molecule has 0 unspecified atom stereocenters. The second kappa shape index (κ2) is 3.18. The monoisotopic (exact) mass is 189 g/mol. The van der Waals surface area contributed by atoms with Crippen molar-refractivity contribution < 1.29 is 9.53 Å². The van der Waals surface area contributed by atoms with Crippen LogP contribution in [0.3, 0.4) is 0 Å². The number of hydrogen-bond acceptors (Lipinski definition) is 2. The molecule has 0 aliphatic heterocycles. The number of nitrogens with one attached hydrogen (secondary N) is 1. The summed E-state index contributed by atoms with van der Waals surface area (Å²) in [5.74, 6) is 0.617. The minimum atomic E-state index is 0.571. The van der Waals surface area contributed by atoms with Gasteiger partial charge in [0.1, 0.15) is 5.75 Å². The molecule has 0 fully saturated rings. The first-order valence-corrected chi connectivity index (χ1v) is 4.37. The van der Waals surface area contributed by atoms with Crippen molar-refractivity contribution in [2.45, 2.75) is 6.92 Å². The maximum absolute atomic E-state index is 10.7. The van der Waals surface area contributed by atoms with Crippen LogP contribution in [0, 0.1) is 6.92 Å². The van der Waals surface area contributed by atoms with Crippen LogP contribution in [0.2, 0.25) is 0 Å². The molecule has 1 aromatic carbocycles. The van der Waals surface area contributed by atoms with Crippen LogP contribution < -0.4 is 4.74 Å². The summed E-state index contributed by atoms with van der Waals surface area (Å²) in [6, 6.07) is 5.68. The van der Waals surface area contributed by atoms with Crippen molar-refractivity contribution in [1.29, 1.82) is 0 Å². The number of ether oxygens (including phenoxy) is 1. The molecule has 0 spiro atoms. The van der Waals surface area contributed by atoms with Crippen molar-refractivity contribution in [3.8, 4) is 5.75 Å². The van der Waals surface area contributed by atoms with Crippen LogP contribution in [0.5, 0.6) is 5.75 Å². The van der Waals surface area contributed by atoms with Crippen molar-refractivity contribution >= 4 is 17.2 Å². The van der Waals surface area contributed by atoms with Crippen molar-refractivity contribution in [3.05, 3.63) is 29.5 Å². The Morgan fingerprint density at radius 2 is 2.14 bits per heavy atom. The number of rotatable bonds is 2. The van der Waals surface area contributed by atoms with E-state index in [1.807, 2.05) is 19.1 Å². The normalized spacial score (nSPS) is 10.4. The summed E-state index contributed by atoms with van der Waals surface area (Å²) < 4.78 is 5.11. The first-order valence-electron chi connectivity index (χ1n) is 4.37. The summed E-state index contributed by atoms with van der Waals surface area (Å²) in [5.41, 5.74) is 2.61. The second-order valence-corrected chi connectivity index (χ2v) is 3.25. The highest BCUT2D eigenvalue weighted by Gasteiger charge is 2.05. The molecule has 3 heteroatoms. The quantitative estimate of drug-likeness (QED) is 0.736. The molecule has 2 aromatic rings. The number of aromatic nitrogens is 1. The molecule has 0 radical (unpaired) electrons. The van der Waals surface area contributed by atoms with E-state index >= 15 is 0 Å².